The Hall–Kier alpha value is -3.49. The summed E-state index contributed by atoms with van der Waals surface area (Å²) in [6.07, 6.45) is 0.294. The molecule has 168 valence electrons. The normalized spacial score (nSPS) is 14.6. The van der Waals surface area contributed by atoms with E-state index in [-0.39, 0.29) is 49.3 Å². The first-order valence-corrected chi connectivity index (χ1v) is 11.3. The van der Waals surface area contributed by atoms with Crippen LogP contribution < -0.4 is 4.74 Å². The maximum Gasteiger partial charge on any atom is 0.270 e. The number of carbonyl (C=O) groups excluding carboxylic acids is 1. The fourth-order valence-electron chi connectivity index (χ4n) is 3.33. The van der Waals surface area contributed by atoms with Crippen LogP contribution in [0.5, 0.6) is 5.75 Å². The zero-order chi connectivity index (χ0) is 23.3. The molecular weight excluding hydrogens is 436 g/mol. The van der Waals surface area contributed by atoms with Crippen LogP contribution in [0.4, 0.5) is 5.69 Å². The second kappa shape index (κ2) is 9.76. The summed E-state index contributed by atoms with van der Waals surface area (Å²) in [5, 5.41) is 19.7. The Kier molecular flexibility index (Phi) is 7.07. The molecule has 1 amide bonds. The van der Waals surface area contributed by atoms with Gasteiger partial charge in [-0.15, -0.1) is 0 Å². The highest BCUT2D eigenvalue weighted by Gasteiger charge is 2.32. The summed E-state index contributed by atoms with van der Waals surface area (Å²) in [5.41, 5.74) is 0.978. The SMILES string of the molecule is Cc1ccc([N+](=O)[O-])cc1S(=O)(=O)N1CCN(C(=O)COc2ccc(CC#N)cc2)CC1. The average molecular weight is 458 g/mol. The Morgan fingerprint density at radius 2 is 1.81 bits per heavy atom. The van der Waals surface area contributed by atoms with Gasteiger partial charge >= 0.3 is 0 Å². The predicted molar refractivity (Wildman–Crippen MR) is 114 cm³/mol. The van der Waals surface area contributed by atoms with E-state index in [0.29, 0.717) is 17.7 Å². The van der Waals surface area contributed by atoms with Gasteiger partial charge in [0.2, 0.25) is 10.0 Å². The van der Waals surface area contributed by atoms with Gasteiger partial charge in [-0.1, -0.05) is 18.2 Å². The number of nitriles is 1. The molecule has 0 aromatic heterocycles. The number of amides is 1. The second-order valence-electron chi connectivity index (χ2n) is 7.26. The highest BCUT2D eigenvalue weighted by atomic mass is 32.2. The number of aryl methyl sites for hydroxylation is 1. The fraction of sp³-hybridized carbons (Fsp3) is 0.333. The number of benzene rings is 2. The number of nitro groups is 1. The lowest BCUT2D eigenvalue weighted by Crippen LogP contribution is -2.51. The van der Waals surface area contributed by atoms with Crippen LogP contribution in [0.25, 0.3) is 0 Å². The Bertz CT molecular complexity index is 1150. The molecule has 0 saturated carbocycles. The predicted octanol–water partition coefficient (Wildman–Crippen LogP) is 1.88. The van der Waals surface area contributed by atoms with Crippen molar-refractivity contribution in [1.29, 1.82) is 5.26 Å². The van der Waals surface area contributed by atoms with E-state index < -0.39 is 14.9 Å². The van der Waals surface area contributed by atoms with E-state index in [1.165, 1.54) is 21.3 Å². The average Bonchev–Trinajstić information content (AvgIpc) is 2.78. The van der Waals surface area contributed by atoms with E-state index in [1.54, 1.807) is 31.2 Å². The quantitative estimate of drug-likeness (QED) is 0.457. The highest BCUT2D eigenvalue weighted by molar-refractivity contribution is 7.89. The van der Waals surface area contributed by atoms with Crippen LogP contribution >= 0.6 is 0 Å². The summed E-state index contributed by atoms with van der Waals surface area (Å²) in [4.78, 5) is 24.3. The maximum absolute atomic E-state index is 13.0. The van der Waals surface area contributed by atoms with Gasteiger partial charge in [0.25, 0.3) is 11.6 Å². The van der Waals surface area contributed by atoms with Gasteiger partial charge in [0, 0.05) is 38.3 Å². The van der Waals surface area contributed by atoms with Crippen molar-refractivity contribution in [3.8, 4) is 11.8 Å². The van der Waals surface area contributed by atoms with Crippen LogP contribution in [0, 0.1) is 28.4 Å². The zero-order valence-corrected chi connectivity index (χ0v) is 18.2. The molecular formula is C21H22N4O6S. The minimum absolute atomic E-state index is 0.0824. The number of rotatable bonds is 7. The Balaban J connectivity index is 1.58. The number of nitro benzene ring substituents is 1. The smallest absolute Gasteiger partial charge is 0.270 e. The summed E-state index contributed by atoms with van der Waals surface area (Å²) in [6.45, 7) is 1.94. The fourth-order valence-corrected chi connectivity index (χ4v) is 5.00. The molecule has 1 fully saturated rings. The van der Waals surface area contributed by atoms with E-state index >= 15 is 0 Å². The van der Waals surface area contributed by atoms with Crippen molar-refractivity contribution >= 4 is 21.6 Å². The molecule has 0 unspecified atom stereocenters. The van der Waals surface area contributed by atoms with Gasteiger partial charge < -0.3 is 9.64 Å². The van der Waals surface area contributed by atoms with Gasteiger partial charge in [-0.05, 0) is 30.2 Å². The third kappa shape index (κ3) is 5.22. The molecule has 0 spiro atoms. The Labute approximate surface area is 185 Å². The molecule has 0 aliphatic carbocycles. The maximum atomic E-state index is 13.0. The van der Waals surface area contributed by atoms with Crippen LogP contribution in [0.2, 0.25) is 0 Å². The number of non-ortho nitro benzene ring substituents is 1. The summed E-state index contributed by atoms with van der Waals surface area (Å²) in [5.74, 6) is 0.233. The first-order chi connectivity index (χ1) is 15.2. The van der Waals surface area contributed by atoms with Gasteiger partial charge in [0.05, 0.1) is 22.3 Å². The summed E-state index contributed by atoms with van der Waals surface area (Å²) in [6, 6.07) is 12.7. The molecule has 0 radical (unpaired) electrons. The van der Waals surface area contributed by atoms with Crippen molar-refractivity contribution < 1.29 is 22.9 Å². The number of carbonyl (C=O) groups is 1. The van der Waals surface area contributed by atoms with Crippen molar-refractivity contribution in [3.05, 3.63) is 63.7 Å². The van der Waals surface area contributed by atoms with E-state index in [0.717, 1.165) is 11.6 Å². The molecule has 11 heteroatoms. The third-order valence-corrected chi connectivity index (χ3v) is 7.20. The number of hydrogen-bond acceptors (Lipinski definition) is 7. The summed E-state index contributed by atoms with van der Waals surface area (Å²) in [7, 11) is -3.93. The van der Waals surface area contributed by atoms with Crippen molar-refractivity contribution in [3.63, 3.8) is 0 Å². The molecule has 1 saturated heterocycles. The van der Waals surface area contributed by atoms with Gasteiger partial charge in [-0.3, -0.25) is 14.9 Å². The first kappa shape index (κ1) is 23.2. The molecule has 1 heterocycles. The second-order valence-corrected chi connectivity index (χ2v) is 9.17. The topological polar surface area (TPSA) is 134 Å². The lowest BCUT2D eigenvalue weighted by atomic mass is 10.2. The molecule has 2 aromatic rings. The number of hydrogen-bond donors (Lipinski definition) is 0. The summed E-state index contributed by atoms with van der Waals surface area (Å²) >= 11 is 0. The number of sulfonamides is 1. The Morgan fingerprint density at radius 1 is 1.16 bits per heavy atom. The Morgan fingerprint density at radius 3 is 2.41 bits per heavy atom. The van der Waals surface area contributed by atoms with Gasteiger partial charge in [0.15, 0.2) is 6.61 Å². The first-order valence-electron chi connectivity index (χ1n) is 9.84. The van der Waals surface area contributed by atoms with Crippen LogP contribution in [0.1, 0.15) is 11.1 Å². The molecule has 1 aliphatic rings. The molecule has 3 rings (SSSR count). The van der Waals surface area contributed by atoms with Crippen LogP contribution in [0.15, 0.2) is 47.4 Å². The molecule has 0 N–H and O–H groups in total. The minimum Gasteiger partial charge on any atom is -0.484 e. The van der Waals surface area contributed by atoms with Gasteiger partial charge in [-0.2, -0.15) is 9.57 Å². The van der Waals surface area contributed by atoms with Crippen molar-refractivity contribution in [2.45, 2.75) is 18.2 Å². The minimum atomic E-state index is -3.93. The molecule has 2 aromatic carbocycles. The number of ether oxygens (including phenoxy) is 1. The van der Waals surface area contributed by atoms with Crippen LogP contribution in [-0.4, -0.2) is 61.2 Å². The molecule has 32 heavy (non-hydrogen) atoms. The zero-order valence-electron chi connectivity index (χ0n) is 17.4. The molecule has 0 atom stereocenters. The lowest BCUT2D eigenvalue weighted by molar-refractivity contribution is -0.385. The van der Waals surface area contributed by atoms with Gasteiger partial charge in [0.1, 0.15) is 5.75 Å². The summed E-state index contributed by atoms with van der Waals surface area (Å²) < 4.78 is 32.7. The molecule has 10 nitrogen and oxygen atoms in total. The van der Waals surface area contributed by atoms with E-state index in [4.69, 9.17) is 10.00 Å². The monoisotopic (exact) mass is 458 g/mol. The number of piperazine rings is 1. The van der Waals surface area contributed by atoms with E-state index in [2.05, 4.69) is 6.07 Å². The van der Waals surface area contributed by atoms with Crippen LogP contribution in [0.3, 0.4) is 0 Å². The van der Waals surface area contributed by atoms with Crippen molar-refractivity contribution in [2.75, 3.05) is 32.8 Å². The lowest BCUT2D eigenvalue weighted by Gasteiger charge is -2.34. The standard InChI is InChI=1S/C21H22N4O6S/c1-16-2-5-18(25(27)28)14-20(16)32(29,30)24-12-10-23(11-13-24)21(26)15-31-19-6-3-17(4-7-19)8-9-22/h2-7,14H,8,10-13,15H2,1H3. The van der Waals surface area contributed by atoms with Crippen LogP contribution in [-0.2, 0) is 21.2 Å². The van der Waals surface area contributed by atoms with E-state index in [1.807, 2.05) is 0 Å². The van der Waals surface area contributed by atoms with Crippen molar-refractivity contribution in [1.82, 2.24) is 9.21 Å². The number of nitrogens with zero attached hydrogens (tertiary/aromatic N) is 4. The highest BCUT2D eigenvalue weighted by Crippen LogP contribution is 2.25. The van der Waals surface area contributed by atoms with Crippen molar-refractivity contribution in [2.24, 2.45) is 0 Å². The largest absolute Gasteiger partial charge is 0.484 e. The molecule has 0 bridgehead atoms. The third-order valence-electron chi connectivity index (χ3n) is 5.16. The van der Waals surface area contributed by atoms with E-state index in [9.17, 15) is 23.3 Å². The van der Waals surface area contributed by atoms with Gasteiger partial charge in [-0.25, -0.2) is 8.42 Å². The molecule has 1 aliphatic heterocycles.